The first-order chi connectivity index (χ1) is 7.42. The first kappa shape index (κ1) is 12.8. The molecule has 0 aromatic heterocycles. The molecule has 0 bridgehead atoms. The quantitative estimate of drug-likeness (QED) is 0.885. The van der Waals surface area contributed by atoms with Gasteiger partial charge in [0.1, 0.15) is 6.61 Å². The Labute approximate surface area is 98.1 Å². The summed E-state index contributed by atoms with van der Waals surface area (Å²) in [5.41, 5.74) is 4.71. The van der Waals surface area contributed by atoms with Crippen LogP contribution in [-0.2, 0) is 14.6 Å². The van der Waals surface area contributed by atoms with Crippen LogP contribution in [0.3, 0.4) is 0 Å². The number of rotatable bonds is 4. The molecule has 16 heavy (non-hydrogen) atoms. The topological polar surface area (TPSA) is 86.5 Å². The van der Waals surface area contributed by atoms with Crippen LogP contribution in [0.4, 0.5) is 4.79 Å². The third-order valence-electron chi connectivity index (χ3n) is 1.77. The number of carbonyl (C=O) groups excluding carboxylic acids is 1. The molecule has 1 amide bonds. The lowest BCUT2D eigenvalue weighted by molar-refractivity contribution is 0.163. The molecule has 1 aromatic rings. The fourth-order valence-electron chi connectivity index (χ4n) is 1.01. The second-order valence-electron chi connectivity index (χ2n) is 2.94. The summed E-state index contributed by atoms with van der Waals surface area (Å²) in [6.45, 7) is -0.264. The van der Waals surface area contributed by atoms with Gasteiger partial charge in [0.15, 0.2) is 9.84 Å². The van der Waals surface area contributed by atoms with Crippen LogP contribution >= 0.6 is 11.6 Å². The van der Waals surface area contributed by atoms with Gasteiger partial charge in [0.2, 0.25) is 0 Å². The zero-order valence-electron chi connectivity index (χ0n) is 8.22. The molecule has 0 saturated heterocycles. The van der Waals surface area contributed by atoms with E-state index in [0.29, 0.717) is 5.02 Å². The molecule has 2 N–H and O–H groups in total. The van der Waals surface area contributed by atoms with E-state index in [9.17, 15) is 13.2 Å². The summed E-state index contributed by atoms with van der Waals surface area (Å²) in [6, 6.07) is 5.73. The number of amides is 1. The van der Waals surface area contributed by atoms with Crippen LogP contribution in [-0.4, -0.2) is 26.9 Å². The molecule has 0 atom stereocenters. The molecule has 0 aliphatic heterocycles. The van der Waals surface area contributed by atoms with Gasteiger partial charge in [-0.1, -0.05) is 11.6 Å². The minimum atomic E-state index is -3.46. The lowest BCUT2D eigenvalue weighted by atomic mass is 10.4. The summed E-state index contributed by atoms with van der Waals surface area (Å²) in [6.07, 6.45) is -0.994. The van der Waals surface area contributed by atoms with Gasteiger partial charge in [0.05, 0.1) is 10.6 Å². The van der Waals surface area contributed by atoms with Crippen LogP contribution in [0.2, 0.25) is 5.02 Å². The molecule has 7 heteroatoms. The Morgan fingerprint density at radius 3 is 2.38 bits per heavy atom. The average Bonchev–Trinajstić information content (AvgIpc) is 2.17. The SMILES string of the molecule is NC(=O)OCCS(=O)(=O)c1ccc(Cl)cc1. The second kappa shape index (κ2) is 5.18. The fourth-order valence-corrected chi connectivity index (χ4v) is 2.23. The molecule has 1 aromatic carbocycles. The number of primary amides is 1. The first-order valence-electron chi connectivity index (χ1n) is 4.32. The van der Waals surface area contributed by atoms with Gasteiger partial charge in [-0.25, -0.2) is 13.2 Å². The van der Waals surface area contributed by atoms with Crippen LogP contribution in [0.25, 0.3) is 0 Å². The highest BCUT2D eigenvalue weighted by atomic mass is 35.5. The van der Waals surface area contributed by atoms with Crippen LogP contribution in [0.1, 0.15) is 0 Å². The van der Waals surface area contributed by atoms with Crippen molar-refractivity contribution in [3.05, 3.63) is 29.3 Å². The predicted octanol–water partition coefficient (Wildman–Crippen LogP) is 1.21. The van der Waals surface area contributed by atoms with E-state index >= 15 is 0 Å². The van der Waals surface area contributed by atoms with Crippen molar-refractivity contribution in [3.8, 4) is 0 Å². The van der Waals surface area contributed by atoms with E-state index in [1.165, 1.54) is 24.3 Å². The Hall–Kier alpha value is -1.27. The van der Waals surface area contributed by atoms with E-state index in [-0.39, 0.29) is 17.3 Å². The summed E-state index contributed by atoms with van der Waals surface area (Å²) >= 11 is 5.63. The van der Waals surface area contributed by atoms with Crippen molar-refractivity contribution in [3.63, 3.8) is 0 Å². The number of hydrogen-bond acceptors (Lipinski definition) is 4. The number of sulfone groups is 1. The van der Waals surface area contributed by atoms with Crippen molar-refractivity contribution in [2.45, 2.75) is 4.90 Å². The van der Waals surface area contributed by atoms with Gasteiger partial charge >= 0.3 is 6.09 Å². The fraction of sp³-hybridized carbons (Fsp3) is 0.222. The summed E-state index contributed by atoms with van der Waals surface area (Å²) in [5, 5.41) is 0.451. The highest BCUT2D eigenvalue weighted by Crippen LogP contribution is 2.15. The number of ether oxygens (including phenoxy) is 1. The Morgan fingerprint density at radius 2 is 1.88 bits per heavy atom. The Morgan fingerprint density at radius 1 is 1.31 bits per heavy atom. The van der Waals surface area contributed by atoms with Crippen molar-refractivity contribution in [2.75, 3.05) is 12.4 Å². The minimum absolute atomic E-state index is 0.130. The molecule has 0 fully saturated rings. The zero-order valence-corrected chi connectivity index (χ0v) is 9.79. The van der Waals surface area contributed by atoms with E-state index in [2.05, 4.69) is 4.74 Å². The van der Waals surface area contributed by atoms with Crippen LogP contribution in [0.15, 0.2) is 29.2 Å². The zero-order chi connectivity index (χ0) is 12.2. The maximum absolute atomic E-state index is 11.6. The number of hydrogen-bond donors (Lipinski definition) is 1. The van der Waals surface area contributed by atoms with Crippen LogP contribution < -0.4 is 5.73 Å². The summed E-state index contributed by atoms with van der Waals surface area (Å²) in [4.78, 5) is 10.4. The van der Waals surface area contributed by atoms with Gasteiger partial charge in [-0.15, -0.1) is 0 Å². The second-order valence-corrected chi connectivity index (χ2v) is 5.49. The molecule has 0 spiro atoms. The number of halogens is 1. The van der Waals surface area contributed by atoms with Gasteiger partial charge < -0.3 is 10.5 Å². The molecule has 5 nitrogen and oxygen atoms in total. The predicted molar refractivity (Wildman–Crippen MR) is 59.0 cm³/mol. The molecule has 0 unspecified atom stereocenters. The van der Waals surface area contributed by atoms with Crippen molar-refractivity contribution in [2.24, 2.45) is 5.73 Å². The van der Waals surface area contributed by atoms with Gasteiger partial charge in [-0.2, -0.15) is 0 Å². The third kappa shape index (κ3) is 3.71. The third-order valence-corrected chi connectivity index (χ3v) is 3.72. The Bertz CT molecular complexity index is 469. The maximum Gasteiger partial charge on any atom is 0.404 e. The Balaban J connectivity index is 2.71. The molecule has 0 saturated carbocycles. The van der Waals surface area contributed by atoms with Crippen LogP contribution in [0.5, 0.6) is 0 Å². The largest absolute Gasteiger partial charge is 0.449 e. The molecule has 88 valence electrons. The van der Waals surface area contributed by atoms with Crippen molar-refractivity contribution in [1.82, 2.24) is 0 Å². The minimum Gasteiger partial charge on any atom is -0.449 e. The standard InChI is InChI=1S/C9H10ClNO4S/c10-7-1-3-8(4-2-7)16(13,14)6-5-15-9(11)12/h1-4H,5-6H2,(H2,11,12). The molecule has 0 radical (unpaired) electrons. The van der Waals surface area contributed by atoms with E-state index < -0.39 is 15.9 Å². The lowest BCUT2D eigenvalue weighted by Crippen LogP contribution is -2.19. The van der Waals surface area contributed by atoms with E-state index in [4.69, 9.17) is 17.3 Å². The molecule has 0 heterocycles. The van der Waals surface area contributed by atoms with Gasteiger partial charge in [0.25, 0.3) is 0 Å². The number of benzene rings is 1. The smallest absolute Gasteiger partial charge is 0.404 e. The normalized spacial score (nSPS) is 11.1. The Kier molecular flexibility index (Phi) is 4.14. The monoisotopic (exact) mass is 263 g/mol. The van der Waals surface area contributed by atoms with Crippen LogP contribution in [0, 0.1) is 0 Å². The molecular formula is C9H10ClNO4S. The highest BCUT2D eigenvalue weighted by molar-refractivity contribution is 7.91. The molecule has 1 rings (SSSR count). The van der Waals surface area contributed by atoms with E-state index in [0.717, 1.165) is 0 Å². The molecular weight excluding hydrogens is 254 g/mol. The van der Waals surface area contributed by atoms with E-state index in [1.54, 1.807) is 0 Å². The number of carbonyl (C=O) groups is 1. The van der Waals surface area contributed by atoms with Crippen molar-refractivity contribution >= 4 is 27.5 Å². The summed E-state index contributed by atoms with van der Waals surface area (Å²) in [5.74, 6) is -0.308. The summed E-state index contributed by atoms with van der Waals surface area (Å²) in [7, 11) is -3.46. The average molecular weight is 264 g/mol. The highest BCUT2D eigenvalue weighted by Gasteiger charge is 2.14. The van der Waals surface area contributed by atoms with Crippen molar-refractivity contribution < 1.29 is 17.9 Å². The maximum atomic E-state index is 11.6. The van der Waals surface area contributed by atoms with Gasteiger partial charge in [0, 0.05) is 5.02 Å². The van der Waals surface area contributed by atoms with Gasteiger partial charge in [-0.3, -0.25) is 0 Å². The van der Waals surface area contributed by atoms with Crippen molar-refractivity contribution in [1.29, 1.82) is 0 Å². The van der Waals surface area contributed by atoms with E-state index in [1.807, 2.05) is 0 Å². The first-order valence-corrected chi connectivity index (χ1v) is 6.35. The summed E-state index contributed by atoms with van der Waals surface area (Å²) < 4.78 is 27.7. The lowest BCUT2D eigenvalue weighted by Gasteiger charge is -2.04. The number of nitrogens with two attached hydrogens (primary N) is 1. The van der Waals surface area contributed by atoms with Gasteiger partial charge in [-0.05, 0) is 24.3 Å². The molecule has 0 aliphatic carbocycles. The molecule has 0 aliphatic rings.